The molecule has 0 aliphatic carbocycles. The summed E-state index contributed by atoms with van der Waals surface area (Å²) in [4.78, 5) is 10.2. The number of nitrogens with one attached hydrogen (secondary N) is 1. The van der Waals surface area contributed by atoms with Gasteiger partial charge in [-0.15, -0.1) is 0 Å². The van der Waals surface area contributed by atoms with E-state index < -0.39 is 4.92 Å². The maximum absolute atomic E-state index is 10.6. The maximum Gasteiger partial charge on any atom is 0.270 e. The van der Waals surface area contributed by atoms with E-state index in [1.54, 1.807) is 6.07 Å². The van der Waals surface area contributed by atoms with Gasteiger partial charge < -0.3 is 5.32 Å². The van der Waals surface area contributed by atoms with E-state index in [1.165, 1.54) is 12.1 Å². The molecule has 0 heterocycles. The highest BCUT2D eigenvalue weighted by atomic mass is 79.9. The molecule has 0 bridgehead atoms. The Kier molecular flexibility index (Phi) is 5.11. The molecule has 6 heteroatoms. The molecule has 0 atom stereocenters. The summed E-state index contributed by atoms with van der Waals surface area (Å²) < 4.78 is 1.04. The summed E-state index contributed by atoms with van der Waals surface area (Å²) in [5, 5.41) is 14.3. The lowest BCUT2D eigenvalue weighted by Crippen LogP contribution is -2.13. The predicted octanol–water partition coefficient (Wildman–Crippen LogP) is 4.30. The molecule has 104 valence electrons. The Hall–Kier alpha value is -1.43. The highest BCUT2D eigenvalue weighted by Gasteiger charge is 2.09. The number of rotatable bonds is 5. The smallest absolute Gasteiger partial charge is 0.270 e. The van der Waals surface area contributed by atoms with Crippen molar-refractivity contribution in [3.63, 3.8) is 0 Å². The van der Waals surface area contributed by atoms with Crippen LogP contribution in [0.2, 0.25) is 5.02 Å². The lowest BCUT2D eigenvalue weighted by Gasteiger charge is -2.08. The lowest BCUT2D eigenvalue weighted by molar-refractivity contribution is -0.384. The minimum Gasteiger partial charge on any atom is -0.309 e. The first kappa shape index (κ1) is 15.0. The summed E-state index contributed by atoms with van der Waals surface area (Å²) >= 11 is 9.51. The van der Waals surface area contributed by atoms with Crippen molar-refractivity contribution in [3.8, 4) is 0 Å². The van der Waals surface area contributed by atoms with E-state index in [0.29, 0.717) is 18.1 Å². The van der Waals surface area contributed by atoms with Crippen LogP contribution in [0, 0.1) is 10.1 Å². The van der Waals surface area contributed by atoms with Gasteiger partial charge in [-0.05, 0) is 23.3 Å². The van der Waals surface area contributed by atoms with Gasteiger partial charge >= 0.3 is 0 Å². The van der Waals surface area contributed by atoms with Gasteiger partial charge in [-0.3, -0.25) is 10.1 Å². The number of halogens is 2. The number of nitro benzene ring substituents is 1. The van der Waals surface area contributed by atoms with Gasteiger partial charge in [0.05, 0.1) is 9.95 Å². The SMILES string of the molecule is O=[N+]([O-])c1ccc(CNCc2ccccc2Br)c(Cl)c1. The predicted molar refractivity (Wildman–Crippen MR) is 82.8 cm³/mol. The second-order valence-corrected chi connectivity index (χ2v) is 5.49. The fourth-order valence-electron chi connectivity index (χ4n) is 1.77. The van der Waals surface area contributed by atoms with Crippen molar-refractivity contribution in [1.29, 1.82) is 0 Å². The van der Waals surface area contributed by atoms with Crippen LogP contribution in [0.25, 0.3) is 0 Å². The van der Waals surface area contributed by atoms with Crippen molar-refractivity contribution < 1.29 is 4.92 Å². The topological polar surface area (TPSA) is 55.2 Å². The molecule has 0 unspecified atom stereocenters. The van der Waals surface area contributed by atoms with Crippen molar-refractivity contribution in [2.24, 2.45) is 0 Å². The van der Waals surface area contributed by atoms with E-state index in [-0.39, 0.29) is 5.69 Å². The molecule has 1 N–H and O–H groups in total. The molecule has 2 aromatic carbocycles. The zero-order chi connectivity index (χ0) is 14.5. The molecule has 0 aliphatic rings. The Balaban J connectivity index is 1.98. The average Bonchev–Trinajstić information content (AvgIpc) is 2.42. The van der Waals surface area contributed by atoms with E-state index in [4.69, 9.17) is 11.6 Å². The summed E-state index contributed by atoms with van der Waals surface area (Å²) in [5.74, 6) is 0. The fraction of sp³-hybridized carbons (Fsp3) is 0.143. The summed E-state index contributed by atoms with van der Waals surface area (Å²) in [6.45, 7) is 1.24. The quantitative estimate of drug-likeness (QED) is 0.642. The van der Waals surface area contributed by atoms with Crippen LogP contribution in [-0.2, 0) is 13.1 Å². The van der Waals surface area contributed by atoms with Crippen LogP contribution in [0.4, 0.5) is 5.69 Å². The third-order valence-corrected chi connectivity index (χ3v) is 3.96. The first-order valence-corrected chi connectivity index (χ1v) is 7.12. The van der Waals surface area contributed by atoms with E-state index in [0.717, 1.165) is 15.6 Å². The summed E-state index contributed by atoms with van der Waals surface area (Å²) in [6.07, 6.45) is 0. The van der Waals surface area contributed by atoms with Crippen LogP contribution in [-0.4, -0.2) is 4.92 Å². The largest absolute Gasteiger partial charge is 0.309 e. The Morgan fingerprint density at radius 3 is 2.50 bits per heavy atom. The zero-order valence-corrected chi connectivity index (χ0v) is 12.8. The average molecular weight is 356 g/mol. The second-order valence-electron chi connectivity index (χ2n) is 4.23. The Labute approximate surface area is 130 Å². The van der Waals surface area contributed by atoms with E-state index in [2.05, 4.69) is 21.2 Å². The van der Waals surface area contributed by atoms with Gasteiger partial charge in [-0.2, -0.15) is 0 Å². The molecule has 0 fully saturated rings. The molecule has 0 aromatic heterocycles. The number of nitrogens with zero attached hydrogens (tertiary/aromatic N) is 1. The van der Waals surface area contributed by atoms with Gasteiger partial charge in [0.2, 0.25) is 0 Å². The van der Waals surface area contributed by atoms with Crippen LogP contribution in [0.15, 0.2) is 46.9 Å². The molecule has 20 heavy (non-hydrogen) atoms. The van der Waals surface area contributed by atoms with Crippen molar-refractivity contribution in [1.82, 2.24) is 5.32 Å². The third kappa shape index (κ3) is 3.79. The van der Waals surface area contributed by atoms with Gasteiger partial charge in [-0.25, -0.2) is 0 Å². The van der Waals surface area contributed by atoms with Gasteiger partial charge in [-0.1, -0.05) is 45.7 Å². The van der Waals surface area contributed by atoms with Gasteiger partial charge in [0.1, 0.15) is 0 Å². The van der Waals surface area contributed by atoms with Crippen molar-refractivity contribution >= 4 is 33.2 Å². The van der Waals surface area contributed by atoms with Gasteiger partial charge in [0.25, 0.3) is 5.69 Å². The Bertz CT molecular complexity index is 634. The Morgan fingerprint density at radius 2 is 1.85 bits per heavy atom. The number of non-ortho nitro benzene ring substituents is 1. The minimum atomic E-state index is -0.454. The van der Waals surface area contributed by atoms with Gasteiger partial charge in [0.15, 0.2) is 0 Å². The molecular weight excluding hydrogens is 344 g/mol. The van der Waals surface area contributed by atoms with Crippen molar-refractivity contribution in [2.75, 3.05) is 0 Å². The monoisotopic (exact) mass is 354 g/mol. The van der Waals surface area contributed by atoms with Crippen molar-refractivity contribution in [2.45, 2.75) is 13.1 Å². The number of hydrogen-bond donors (Lipinski definition) is 1. The highest BCUT2D eigenvalue weighted by Crippen LogP contribution is 2.22. The molecule has 0 saturated carbocycles. The molecule has 0 saturated heterocycles. The van der Waals surface area contributed by atoms with Crippen LogP contribution in [0.3, 0.4) is 0 Å². The molecule has 0 amide bonds. The van der Waals surface area contributed by atoms with Crippen LogP contribution in [0.5, 0.6) is 0 Å². The number of benzene rings is 2. The number of nitro groups is 1. The van der Waals surface area contributed by atoms with E-state index >= 15 is 0 Å². The lowest BCUT2D eigenvalue weighted by atomic mass is 10.2. The Morgan fingerprint density at radius 1 is 1.15 bits per heavy atom. The standard InChI is InChI=1S/C14H12BrClN2O2/c15-13-4-2-1-3-10(13)8-17-9-11-5-6-12(18(19)20)7-14(11)16/h1-7,17H,8-9H2. The normalized spacial score (nSPS) is 10.5. The van der Waals surface area contributed by atoms with Crippen LogP contribution >= 0.6 is 27.5 Å². The van der Waals surface area contributed by atoms with E-state index in [1.807, 2.05) is 24.3 Å². The zero-order valence-electron chi connectivity index (χ0n) is 10.5. The second kappa shape index (κ2) is 6.83. The summed E-state index contributed by atoms with van der Waals surface area (Å²) in [7, 11) is 0. The summed E-state index contributed by atoms with van der Waals surface area (Å²) in [5.41, 5.74) is 1.99. The number of hydrogen-bond acceptors (Lipinski definition) is 3. The molecule has 0 radical (unpaired) electrons. The first-order valence-electron chi connectivity index (χ1n) is 5.95. The van der Waals surface area contributed by atoms with Gasteiger partial charge in [0, 0.05) is 29.7 Å². The molecule has 4 nitrogen and oxygen atoms in total. The van der Waals surface area contributed by atoms with Crippen molar-refractivity contribution in [3.05, 3.63) is 73.2 Å². The molecule has 0 spiro atoms. The molecular formula is C14H12BrClN2O2. The molecule has 2 aromatic rings. The fourth-order valence-corrected chi connectivity index (χ4v) is 2.43. The minimum absolute atomic E-state index is 0.00422. The highest BCUT2D eigenvalue weighted by molar-refractivity contribution is 9.10. The molecule has 2 rings (SSSR count). The van der Waals surface area contributed by atoms with Crippen LogP contribution < -0.4 is 5.32 Å². The third-order valence-electron chi connectivity index (χ3n) is 2.84. The summed E-state index contributed by atoms with van der Waals surface area (Å²) in [6, 6.07) is 12.4. The maximum atomic E-state index is 10.6. The molecule has 0 aliphatic heterocycles. The van der Waals surface area contributed by atoms with Crippen LogP contribution in [0.1, 0.15) is 11.1 Å². The van der Waals surface area contributed by atoms with E-state index in [9.17, 15) is 10.1 Å². The first-order chi connectivity index (χ1) is 9.58.